The van der Waals surface area contributed by atoms with Crippen molar-refractivity contribution >= 4 is 0 Å². The van der Waals surface area contributed by atoms with E-state index in [9.17, 15) is 0 Å². The molecule has 0 aliphatic carbocycles. The van der Waals surface area contributed by atoms with Gasteiger partial charge in [-0.05, 0) is 38.8 Å². The maximum atomic E-state index is 5.41. The number of aryl methyl sites for hydroxylation is 1. The molecule has 2 aromatic heterocycles. The van der Waals surface area contributed by atoms with E-state index in [4.69, 9.17) is 4.74 Å². The Morgan fingerprint density at radius 3 is 2.64 bits per heavy atom. The van der Waals surface area contributed by atoms with Crippen molar-refractivity contribution in [2.75, 3.05) is 13.2 Å². The maximum absolute atomic E-state index is 5.41. The molecule has 0 saturated carbocycles. The Morgan fingerprint density at radius 1 is 1.23 bits per heavy atom. The minimum atomic E-state index is 0.245. The fourth-order valence-electron chi connectivity index (χ4n) is 2.85. The van der Waals surface area contributed by atoms with Crippen molar-refractivity contribution in [2.45, 2.75) is 38.8 Å². The molecule has 0 bridgehead atoms. The minimum Gasteiger partial charge on any atom is -0.381 e. The van der Waals surface area contributed by atoms with Crippen LogP contribution in [0.2, 0.25) is 0 Å². The molecule has 1 saturated heterocycles. The first-order valence-corrected chi connectivity index (χ1v) is 7.82. The summed E-state index contributed by atoms with van der Waals surface area (Å²) < 4.78 is 5.41. The molecular weight excluding hydrogens is 276 g/mol. The van der Waals surface area contributed by atoms with E-state index in [1.807, 2.05) is 25.3 Å². The molecule has 1 N–H and O–H groups in total. The van der Waals surface area contributed by atoms with Crippen molar-refractivity contribution in [1.29, 1.82) is 0 Å². The van der Waals surface area contributed by atoms with Gasteiger partial charge < -0.3 is 10.1 Å². The molecule has 1 aliphatic heterocycles. The molecule has 1 fully saturated rings. The Bertz CT molecular complexity index is 611. The van der Waals surface area contributed by atoms with E-state index in [2.05, 4.69) is 27.2 Å². The number of nitrogens with zero attached hydrogens (tertiary/aromatic N) is 3. The SMILES string of the molecule is Cc1nc(-c2ccncc2)ncc1[C@@H](C)NC1CCOCC1. The Labute approximate surface area is 131 Å². The molecule has 0 unspecified atom stereocenters. The molecular formula is C17H22N4O. The van der Waals surface area contributed by atoms with Gasteiger partial charge in [0.15, 0.2) is 5.82 Å². The smallest absolute Gasteiger partial charge is 0.159 e. The molecule has 2 aromatic rings. The van der Waals surface area contributed by atoms with E-state index < -0.39 is 0 Å². The topological polar surface area (TPSA) is 59.9 Å². The summed E-state index contributed by atoms with van der Waals surface area (Å²) in [5.74, 6) is 0.752. The van der Waals surface area contributed by atoms with E-state index in [0.29, 0.717) is 6.04 Å². The van der Waals surface area contributed by atoms with Gasteiger partial charge in [-0.25, -0.2) is 9.97 Å². The number of ether oxygens (including phenoxy) is 1. The summed E-state index contributed by atoms with van der Waals surface area (Å²) in [5, 5.41) is 3.67. The first-order chi connectivity index (χ1) is 10.7. The summed E-state index contributed by atoms with van der Waals surface area (Å²) in [6.07, 6.45) is 7.60. The molecule has 3 heterocycles. The van der Waals surface area contributed by atoms with Crippen LogP contribution in [0.3, 0.4) is 0 Å². The van der Waals surface area contributed by atoms with Crippen LogP contribution in [0.5, 0.6) is 0 Å². The summed E-state index contributed by atoms with van der Waals surface area (Å²) in [5.41, 5.74) is 3.17. The fourth-order valence-corrected chi connectivity index (χ4v) is 2.85. The van der Waals surface area contributed by atoms with Crippen molar-refractivity contribution in [1.82, 2.24) is 20.3 Å². The molecule has 5 nitrogen and oxygen atoms in total. The summed E-state index contributed by atoms with van der Waals surface area (Å²) in [4.78, 5) is 13.2. The highest BCUT2D eigenvalue weighted by molar-refractivity contribution is 5.53. The second kappa shape index (κ2) is 6.94. The quantitative estimate of drug-likeness (QED) is 0.940. The van der Waals surface area contributed by atoms with Gasteiger partial charge in [-0.15, -0.1) is 0 Å². The zero-order valence-corrected chi connectivity index (χ0v) is 13.1. The molecule has 0 radical (unpaired) electrons. The summed E-state index contributed by atoms with van der Waals surface area (Å²) in [6.45, 7) is 5.92. The van der Waals surface area contributed by atoms with Crippen molar-refractivity contribution in [3.8, 4) is 11.4 Å². The number of hydrogen-bond acceptors (Lipinski definition) is 5. The second-order valence-electron chi connectivity index (χ2n) is 5.75. The average molecular weight is 298 g/mol. The van der Waals surface area contributed by atoms with Gasteiger partial charge in [0.05, 0.1) is 0 Å². The van der Waals surface area contributed by atoms with Crippen molar-refractivity contribution in [3.63, 3.8) is 0 Å². The highest BCUT2D eigenvalue weighted by Crippen LogP contribution is 2.21. The Morgan fingerprint density at radius 2 is 1.95 bits per heavy atom. The highest BCUT2D eigenvalue weighted by atomic mass is 16.5. The van der Waals surface area contributed by atoms with Gasteiger partial charge in [-0.3, -0.25) is 4.98 Å². The van der Waals surface area contributed by atoms with Crippen LogP contribution in [0.15, 0.2) is 30.7 Å². The van der Waals surface area contributed by atoms with Crippen molar-refractivity contribution < 1.29 is 4.74 Å². The fraction of sp³-hybridized carbons (Fsp3) is 0.471. The van der Waals surface area contributed by atoms with Crippen molar-refractivity contribution in [2.24, 2.45) is 0 Å². The van der Waals surface area contributed by atoms with Gasteiger partial charge >= 0.3 is 0 Å². The predicted octanol–water partition coefficient (Wildman–Crippen LogP) is 2.68. The molecule has 22 heavy (non-hydrogen) atoms. The largest absolute Gasteiger partial charge is 0.381 e. The minimum absolute atomic E-state index is 0.245. The molecule has 0 aromatic carbocycles. The first kappa shape index (κ1) is 15.1. The third kappa shape index (κ3) is 3.48. The third-order valence-electron chi connectivity index (χ3n) is 4.13. The molecule has 5 heteroatoms. The maximum Gasteiger partial charge on any atom is 0.159 e. The lowest BCUT2D eigenvalue weighted by Crippen LogP contribution is -2.36. The normalized spacial score (nSPS) is 17.4. The zero-order chi connectivity index (χ0) is 15.4. The van der Waals surface area contributed by atoms with Gasteiger partial charge in [0.25, 0.3) is 0 Å². The Hall–Kier alpha value is -1.85. The van der Waals surface area contributed by atoms with Crippen LogP contribution >= 0.6 is 0 Å². The summed E-state index contributed by atoms with van der Waals surface area (Å²) in [6, 6.07) is 4.62. The number of pyridine rings is 1. The van der Waals surface area contributed by atoms with Gasteiger partial charge in [0.2, 0.25) is 0 Å². The second-order valence-corrected chi connectivity index (χ2v) is 5.75. The first-order valence-electron chi connectivity index (χ1n) is 7.82. The van der Waals surface area contributed by atoms with Gasteiger partial charge in [0.1, 0.15) is 0 Å². The van der Waals surface area contributed by atoms with E-state index in [0.717, 1.165) is 48.7 Å². The van der Waals surface area contributed by atoms with Crippen LogP contribution in [0.25, 0.3) is 11.4 Å². The number of nitrogens with one attached hydrogen (secondary N) is 1. The lowest BCUT2D eigenvalue weighted by molar-refractivity contribution is 0.0754. The lowest BCUT2D eigenvalue weighted by atomic mass is 10.0. The summed E-state index contributed by atoms with van der Waals surface area (Å²) >= 11 is 0. The van der Waals surface area contributed by atoms with Gasteiger partial charge in [-0.1, -0.05) is 0 Å². The zero-order valence-electron chi connectivity index (χ0n) is 13.1. The van der Waals surface area contributed by atoms with E-state index >= 15 is 0 Å². The van der Waals surface area contributed by atoms with E-state index in [-0.39, 0.29) is 6.04 Å². The molecule has 0 spiro atoms. The average Bonchev–Trinajstić information content (AvgIpc) is 2.56. The van der Waals surface area contributed by atoms with Crippen LogP contribution in [-0.4, -0.2) is 34.2 Å². The van der Waals surface area contributed by atoms with Crippen LogP contribution < -0.4 is 5.32 Å². The van der Waals surface area contributed by atoms with E-state index in [1.165, 1.54) is 0 Å². The lowest BCUT2D eigenvalue weighted by Gasteiger charge is -2.27. The number of rotatable bonds is 4. The van der Waals surface area contributed by atoms with Crippen LogP contribution in [-0.2, 0) is 4.74 Å². The van der Waals surface area contributed by atoms with Crippen LogP contribution in [0, 0.1) is 6.92 Å². The van der Waals surface area contributed by atoms with Gasteiger partial charge in [-0.2, -0.15) is 0 Å². The molecule has 116 valence electrons. The summed E-state index contributed by atoms with van der Waals surface area (Å²) in [7, 11) is 0. The van der Waals surface area contributed by atoms with Crippen molar-refractivity contribution in [3.05, 3.63) is 42.0 Å². The predicted molar refractivity (Wildman–Crippen MR) is 85.4 cm³/mol. The molecule has 1 aliphatic rings. The number of aromatic nitrogens is 3. The highest BCUT2D eigenvalue weighted by Gasteiger charge is 2.18. The molecule has 0 amide bonds. The molecule has 3 rings (SSSR count). The van der Waals surface area contributed by atoms with Crippen LogP contribution in [0.1, 0.15) is 37.1 Å². The Balaban J connectivity index is 1.74. The standard InChI is InChI=1S/C17H22N4O/c1-12(20-15-5-9-22-10-6-15)16-11-19-17(21-13(16)2)14-3-7-18-8-4-14/h3-4,7-8,11-12,15,20H,5-6,9-10H2,1-2H3/t12-/m1/s1. The Kier molecular flexibility index (Phi) is 4.75. The third-order valence-corrected chi connectivity index (χ3v) is 4.13. The number of hydrogen-bond donors (Lipinski definition) is 1. The van der Waals surface area contributed by atoms with Gasteiger partial charge in [0, 0.05) is 60.7 Å². The van der Waals surface area contributed by atoms with E-state index in [1.54, 1.807) is 12.4 Å². The molecule has 1 atom stereocenters. The monoisotopic (exact) mass is 298 g/mol. The van der Waals surface area contributed by atoms with Crippen LogP contribution in [0.4, 0.5) is 0 Å².